The molecular weight excluding hydrogens is 372 g/mol. The van der Waals surface area contributed by atoms with Gasteiger partial charge in [0.15, 0.2) is 11.5 Å². The molecule has 1 saturated heterocycles. The summed E-state index contributed by atoms with van der Waals surface area (Å²) in [7, 11) is 3.03. The van der Waals surface area contributed by atoms with Gasteiger partial charge in [0.1, 0.15) is 5.75 Å². The van der Waals surface area contributed by atoms with Crippen molar-refractivity contribution < 1.29 is 23.8 Å². The van der Waals surface area contributed by atoms with E-state index in [9.17, 15) is 9.59 Å². The first-order valence-electron chi connectivity index (χ1n) is 9.67. The maximum atomic E-state index is 13.0. The Kier molecular flexibility index (Phi) is 6.59. The van der Waals surface area contributed by atoms with Crippen LogP contribution in [0.25, 0.3) is 0 Å². The monoisotopic (exact) mass is 398 g/mol. The molecule has 1 aliphatic rings. The molecule has 3 rings (SSSR count). The number of rotatable bonds is 7. The maximum Gasteiger partial charge on any atom is 0.256 e. The first kappa shape index (κ1) is 20.5. The van der Waals surface area contributed by atoms with Gasteiger partial charge in [-0.2, -0.15) is 0 Å². The maximum absolute atomic E-state index is 13.0. The number of hydrogen-bond donors (Lipinski definition) is 1. The molecule has 2 amide bonds. The number of nitrogens with one attached hydrogen (secondary N) is 1. The zero-order valence-corrected chi connectivity index (χ0v) is 17.0. The van der Waals surface area contributed by atoms with Crippen LogP contribution in [-0.4, -0.2) is 50.6 Å². The average Bonchev–Trinajstić information content (AvgIpc) is 3.28. The van der Waals surface area contributed by atoms with Gasteiger partial charge in [-0.25, -0.2) is 0 Å². The topological polar surface area (TPSA) is 77.1 Å². The van der Waals surface area contributed by atoms with E-state index in [1.807, 2.05) is 6.92 Å². The largest absolute Gasteiger partial charge is 0.494 e. The van der Waals surface area contributed by atoms with E-state index in [-0.39, 0.29) is 11.8 Å². The van der Waals surface area contributed by atoms with E-state index in [1.165, 1.54) is 14.2 Å². The molecule has 7 heteroatoms. The molecule has 2 aromatic rings. The van der Waals surface area contributed by atoms with Crippen molar-refractivity contribution in [2.75, 3.05) is 39.2 Å². The van der Waals surface area contributed by atoms with Crippen LogP contribution < -0.4 is 19.5 Å². The van der Waals surface area contributed by atoms with Crippen molar-refractivity contribution in [3.63, 3.8) is 0 Å². The van der Waals surface area contributed by atoms with Crippen LogP contribution in [-0.2, 0) is 0 Å². The number of methoxy groups -OCH3 is 2. The smallest absolute Gasteiger partial charge is 0.256 e. The van der Waals surface area contributed by atoms with Crippen molar-refractivity contribution in [3.05, 3.63) is 47.5 Å². The van der Waals surface area contributed by atoms with E-state index in [0.717, 1.165) is 12.8 Å². The average molecular weight is 398 g/mol. The molecule has 154 valence electrons. The molecule has 1 fully saturated rings. The second-order valence-electron chi connectivity index (χ2n) is 6.66. The van der Waals surface area contributed by atoms with Crippen LogP contribution in [0.1, 0.15) is 40.5 Å². The summed E-state index contributed by atoms with van der Waals surface area (Å²) < 4.78 is 16.1. The van der Waals surface area contributed by atoms with Gasteiger partial charge in [-0.05, 0) is 50.1 Å². The second-order valence-corrected chi connectivity index (χ2v) is 6.66. The van der Waals surface area contributed by atoms with E-state index in [1.54, 1.807) is 41.3 Å². The Bertz CT molecular complexity index is 874. The van der Waals surface area contributed by atoms with E-state index in [2.05, 4.69) is 5.32 Å². The number of carbonyl (C=O) groups is 2. The highest BCUT2D eigenvalue weighted by atomic mass is 16.5. The summed E-state index contributed by atoms with van der Waals surface area (Å²) in [4.78, 5) is 27.6. The minimum atomic E-state index is -0.323. The van der Waals surface area contributed by atoms with Crippen LogP contribution in [0.5, 0.6) is 17.2 Å². The molecule has 0 saturated carbocycles. The molecule has 0 aliphatic carbocycles. The molecule has 0 atom stereocenters. The minimum Gasteiger partial charge on any atom is -0.494 e. The number of likely N-dealkylation sites (tertiary alicyclic amines) is 1. The number of anilines is 1. The Balaban J connectivity index is 1.91. The summed E-state index contributed by atoms with van der Waals surface area (Å²) >= 11 is 0. The third-order valence-electron chi connectivity index (χ3n) is 4.82. The lowest BCUT2D eigenvalue weighted by molar-refractivity contribution is 0.0793. The number of benzene rings is 2. The van der Waals surface area contributed by atoms with Gasteiger partial charge in [-0.1, -0.05) is 0 Å². The van der Waals surface area contributed by atoms with Crippen LogP contribution in [0.2, 0.25) is 0 Å². The number of nitrogens with zero attached hydrogens (tertiary/aromatic N) is 1. The number of hydrogen-bond acceptors (Lipinski definition) is 5. The predicted octanol–water partition coefficient (Wildman–Crippen LogP) is 3.59. The number of amides is 2. The third-order valence-corrected chi connectivity index (χ3v) is 4.82. The normalized spacial score (nSPS) is 13.1. The molecular formula is C22H26N2O5. The van der Waals surface area contributed by atoms with Gasteiger partial charge in [-0.15, -0.1) is 0 Å². The molecule has 1 N–H and O–H groups in total. The summed E-state index contributed by atoms with van der Waals surface area (Å²) in [5.41, 5.74) is 1.23. The van der Waals surface area contributed by atoms with Crippen molar-refractivity contribution in [1.82, 2.24) is 4.90 Å². The molecule has 0 aromatic heterocycles. The standard InChI is InChI=1S/C22H26N2O5/c1-4-29-16-9-7-15(8-10-16)21(25)23-18-14-20(28-3)19(27-2)13-17(18)22(26)24-11-5-6-12-24/h7-10,13-14H,4-6,11-12H2,1-3H3,(H,23,25). The molecule has 0 unspecified atom stereocenters. The van der Waals surface area contributed by atoms with Crippen LogP contribution in [0.4, 0.5) is 5.69 Å². The quantitative estimate of drug-likeness (QED) is 0.771. The van der Waals surface area contributed by atoms with Gasteiger partial charge < -0.3 is 24.4 Å². The second kappa shape index (κ2) is 9.32. The fourth-order valence-corrected chi connectivity index (χ4v) is 3.31. The summed E-state index contributed by atoms with van der Waals surface area (Å²) in [5, 5.41) is 2.85. The molecule has 29 heavy (non-hydrogen) atoms. The Hall–Kier alpha value is -3.22. The molecule has 1 aliphatic heterocycles. The van der Waals surface area contributed by atoms with Crippen molar-refractivity contribution in [1.29, 1.82) is 0 Å². The molecule has 7 nitrogen and oxygen atoms in total. The first-order valence-corrected chi connectivity index (χ1v) is 9.67. The van der Waals surface area contributed by atoms with Crippen LogP contribution in [0.3, 0.4) is 0 Å². The molecule has 1 heterocycles. The van der Waals surface area contributed by atoms with Gasteiger partial charge in [0, 0.05) is 24.7 Å². The van der Waals surface area contributed by atoms with Gasteiger partial charge in [-0.3, -0.25) is 9.59 Å². The minimum absolute atomic E-state index is 0.134. The Labute approximate surface area is 170 Å². The fourth-order valence-electron chi connectivity index (χ4n) is 3.31. The lowest BCUT2D eigenvalue weighted by atomic mass is 10.1. The van der Waals surface area contributed by atoms with Gasteiger partial charge in [0.2, 0.25) is 0 Å². The summed E-state index contributed by atoms with van der Waals surface area (Å²) in [6.07, 6.45) is 1.96. The fraction of sp³-hybridized carbons (Fsp3) is 0.364. The molecule has 0 spiro atoms. The highest BCUT2D eigenvalue weighted by Gasteiger charge is 2.25. The van der Waals surface area contributed by atoms with Crippen molar-refractivity contribution in [2.45, 2.75) is 19.8 Å². The summed E-state index contributed by atoms with van der Waals surface area (Å²) in [5.74, 6) is 1.11. The lowest BCUT2D eigenvalue weighted by Crippen LogP contribution is -2.29. The van der Waals surface area contributed by atoms with E-state index in [4.69, 9.17) is 14.2 Å². The number of ether oxygens (including phenoxy) is 3. The van der Waals surface area contributed by atoms with Gasteiger partial charge in [0.05, 0.1) is 32.1 Å². The van der Waals surface area contributed by atoms with E-state index < -0.39 is 0 Å². The van der Waals surface area contributed by atoms with E-state index in [0.29, 0.717) is 53.8 Å². The van der Waals surface area contributed by atoms with Crippen molar-refractivity contribution >= 4 is 17.5 Å². The zero-order chi connectivity index (χ0) is 20.8. The van der Waals surface area contributed by atoms with E-state index >= 15 is 0 Å². The molecule has 2 aromatic carbocycles. The van der Waals surface area contributed by atoms with Gasteiger partial charge >= 0.3 is 0 Å². The SMILES string of the molecule is CCOc1ccc(C(=O)Nc2cc(OC)c(OC)cc2C(=O)N2CCCC2)cc1. The third kappa shape index (κ3) is 4.62. The van der Waals surface area contributed by atoms with Crippen LogP contribution >= 0.6 is 0 Å². The van der Waals surface area contributed by atoms with Crippen molar-refractivity contribution in [2.24, 2.45) is 0 Å². The lowest BCUT2D eigenvalue weighted by Gasteiger charge is -2.20. The van der Waals surface area contributed by atoms with Crippen LogP contribution in [0, 0.1) is 0 Å². The zero-order valence-electron chi connectivity index (χ0n) is 17.0. The number of carbonyl (C=O) groups excluding carboxylic acids is 2. The van der Waals surface area contributed by atoms with Crippen LogP contribution in [0.15, 0.2) is 36.4 Å². The Morgan fingerprint density at radius 1 is 1.00 bits per heavy atom. The highest BCUT2D eigenvalue weighted by molar-refractivity contribution is 6.09. The van der Waals surface area contributed by atoms with Gasteiger partial charge in [0.25, 0.3) is 11.8 Å². The molecule has 0 bridgehead atoms. The predicted molar refractivity (Wildman–Crippen MR) is 110 cm³/mol. The Morgan fingerprint density at radius 2 is 1.62 bits per heavy atom. The summed E-state index contributed by atoms with van der Waals surface area (Å²) in [6.45, 7) is 3.87. The first-order chi connectivity index (χ1) is 14.1. The highest BCUT2D eigenvalue weighted by Crippen LogP contribution is 2.34. The summed E-state index contributed by atoms with van der Waals surface area (Å²) in [6, 6.07) is 10.1. The Morgan fingerprint density at radius 3 is 2.21 bits per heavy atom. The molecule has 0 radical (unpaired) electrons. The van der Waals surface area contributed by atoms with Crippen molar-refractivity contribution in [3.8, 4) is 17.2 Å².